The summed E-state index contributed by atoms with van der Waals surface area (Å²) in [4.78, 5) is 15.8. The Balaban J connectivity index is 0.00000264. The van der Waals surface area contributed by atoms with E-state index in [1.807, 2.05) is 24.3 Å². The molecule has 0 heterocycles. The van der Waals surface area contributed by atoms with Crippen LogP contribution in [0.5, 0.6) is 0 Å². The van der Waals surface area contributed by atoms with Crippen LogP contribution in [0.25, 0.3) is 0 Å². The summed E-state index contributed by atoms with van der Waals surface area (Å²) in [5.41, 5.74) is 1.84. The first-order chi connectivity index (χ1) is 10.7. The summed E-state index contributed by atoms with van der Waals surface area (Å²) in [6.07, 6.45) is 4.85. The quantitative estimate of drug-likeness (QED) is 0.353. The van der Waals surface area contributed by atoms with Crippen LogP contribution in [0.2, 0.25) is 0 Å². The lowest BCUT2D eigenvalue weighted by Gasteiger charge is -2.12. The number of hydrogen-bond acceptors (Lipinski definition) is 2. The van der Waals surface area contributed by atoms with Crippen LogP contribution >= 0.6 is 24.0 Å². The highest BCUT2D eigenvalue weighted by atomic mass is 127. The third-order valence-electron chi connectivity index (χ3n) is 3.89. The van der Waals surface area contributed by atoms with Gasteiger partial charge in [-0.25, -0.2) is 0 Å². The second-order valence-electron chi connectivity index (χ2n) is 5.69. The molecular weight excluding hydrogens is 403 g/mol. The molecule has 0 aliphatic heterocycles. The number of rotatable bonds is 7. The van der Waals surface area contributed by atoms with Crippen LogP contribution in [-0.2, 0) is 6.42 Å². The lowest BCUT2D eigenvalue weighted by molar-refractivity contribution is 0.0963. The molecule has 0 atom stereocenters. The molecule has 0 spiro atoms. The highest BCUT2D eigenvalue weighted by molar-refractivity contribution is 14.0. The Kier molecular flexibility index (Phi) is 8.98. The predicted molar refractivity (Wildman–Crippen MR) is 106 cm³/mol. The topological polar surface area (TPSA) is 65.5 Å². The van der Waals surface area contributed by atoms with E-state index >= 15 is 0 Å². The van der Waals surface area contributed by atoms with Crippen molar-refractivity contribution in [2.45, 2.75) is 25.7 Å². The first kappa shape index (κ1) is 19.7. The average molecular weight is 430 g/mol. The van der Waals surface area contributed by atoms with E-state index in [-0.39, 0.29) is 29.9 Å². The van der Waals surface area contributed by atoms with Gasteiger partial charge < -0.3 is 16.0 Å². The second kappa shape index (κ2) is 10.5. The van der Waals surface area contributed by atoms with Gasteiger partial charge in [0.15, 0.2) is 5.96 Å². The number of nitrogens with one attached hydrogen (secondary N) is 3. The number of carbonyl (C=O) groups is 1. The van der Waals surface area contributed by atoms with Gasteiger partial charge in [0.25, 0.3) is 5.91 Å². The summed E-state index contributed by atoms with van der Waals surface area (Å²) in [5.74, 6) is 1.73. The maximum atomic E-state index is 11.6. The Morgan fingerprint density at radius 3 is 2.65 bits per heavy atom. The van der Waals surface area contributed by atoms with Crippen molar-refractivity contribution in [3.05, 3.63) is 35.4 Å². The third-order valence-corrected chi connectivity index (χ3v) is 3.89. The molecule has 1 aliphatic carbocycles. The molecule has 6 heteroatoms. The monoisotopic (exact) mass is 430 g/mol. The minimum Gasteiger partial charge on any atom is -0.356 e. The Bertz CT molecular complexity index is 529. The Labute approximate surface area is 155 Å². The highest BCUT2D eigenvalue weighted by Gasteiger charge is 2.20. The smallest absolute Gasteiger partial charge is 0.251 e. The summed E-state index contributed by atoms with van der Waals surface area (Å²) in [6, 6.07) is 7.72. The molecule has 1 aromatic carbocycles. The summed E-state index contributed by atoms with van der Waals surface area (Å²) < 4.78 is 0. The van der Waals surface area contributed by atoms with Crippen LogP contribution in [0.15, 0.2) is 29.3 Å². The molecule has 2 rings (SSSR count). The molecule has 5 nitrogen and oxygen atoms in total. The van der Waals surface area contributed by atoms with Crippen molar-refractivity contribution < 1.29 is 4.79 Å². The summed E-state index contributed by atoms with van der Waals surface area (Å²) in [7, 11) is 3.44. The Hall–Kier alpha value is -1.31. The zero-order valence-electron chi connectivity index (χ0n) is 13.9. The molecule has 1 fully saturated rings. The maximum Gasteiger partial charge on any atom is 0.251 e. The van der Waals surface area contributed by atoms with Crippen molar-refractivity contribution >= 4 is 35.8 Å². The number of benzene rings is 1. The molecular formula is C17H27IN4O. The van der Waals surface area contributed by atoms with Gasteiger partial charge >= 0.3 is 0 Å². The SMILES string of the molecule is CN=C(NCCc1cccc(C(=O)NC)c1)NCCC1CC1.I. The minimum atomic E-state index is -0.0487. The van der Waals surface area contributed by atoms with Gasteiger partial charge in [-0.2, -0.15) is 0 Å². The van der Waals surface area contributed by atoms with E-state index < -0.39 is 0 Å². The van der Waals surface area contributed by atoms with E-state index in [4.69, 9.17) is 0 Å². The molecule has 1 amide bonds. The molecule has 0 bridgehead atoms. The largest absolute Gasteiger partial charge is 0.356 e. The van der Waals surface area contributed by atoms with E-state index in [1.54, 1.807) is 14.1 Å². The number of nitrogens with zero attached hydrogens (tertiary/aromatic N) is 1. The fourth-order valence-electron chi connectivity index (χ4n) is 2.36. The number of aliphatic imine (C=N–C) groups is 1. The van der Waals surface area contributed by atoms with Gasteiger partial charge in [-0.15, -0.1) is 24.0 Å². The first-order valence-electron chi connectivity index (χ1n) is 7.98. The lowest BCUT2D eigenvalue weighted by atomic mass is 10.1. The van der Waals surface area contributed by atoms with Crippen LogP contribution in [0.4, 0.5) is 0 Å². The van der Waals surface area contributed by atoms with Crippen molar-refractivity contribution in [3.63, 3.8) is 0 Å². The van der Waals surface area contributed by atoms with Crippen molar-refractivity contribution in [1.82, 2.24) is 16.0 Å². The lowest BCUT2D eigenvalue weighted by Crippen LogP contribution is -2.38. The van der Waals surface area contributed by atoms with E-state index in [9.17, 15) is 4.79 Å². The molecule has 1 aliphatic rings. The van der Waals surface area contributed by atoms with Crippen molar-refractivity contribution in [1.29, 1.82) is 0 Å². The second-order valence-corrected chi connectivity index (χ2v) is 5.69. The van der Waals surface area contributed by atoms with Gasteiger partial charge in [-0.3, -0.25) is 9.79 Å². The van der Waals surface area contributed by atoms with Crippen LogP contribution in [0.3, 0.4) is 0 Å². The molecule has 128 valence electrons. The van der Waals surface area contributed by atoms with Gasteiger partial charge in [-0.1, -0.05) is 25.0 Å². The number of carbonyl (C=O) groups excluding carboxylic acids is 1. The maximum absolute atomic E-state index is 11.6. The van der Waals surface area contributed by atoms with E-state index in [2.05, 4.69) is 20.9 Å². The van der Waals surface area contributed by atoms with Crippen LogP contribution in [0, 0.1) is 5.92 Å². The van der Waals surface area contributed by atoms with Crippen molar-refractivity contribution in [2.75, 3.05) is 27.2 Å². The number of hydrogen-bond donors (Lipinski definition) is 3. The molecule has 0 radical (unpaired) electrons. The standard InChI is InChI=1S/C17H26N4O.HI/c1-18-16(22)15-5-3-4-14(12-15)9-11-21-17(19-2)20-10-8-13-6-7-13;/h3-5,12-13H,6-11H2,1-2H3,(H,18,22)(H2,19,20,21);1H. The van der Waals surface area contributed by atoms with Crippen LogP contribution in [-0.4, -0.2) is 39.1 Å². The average Bonchev–Trinajstić information content (AvgIpc) is 3.37. The van der Waals surface area contributed by atoms with Crippen molar-refractivity contribution in [3.8, 4) is 0 Å². The molecule has 1 saturated carbocycles. The van der Waals surface area contributed by atoms with Gasteiger partial charge in [0.2, 0.25) is 0 Å². The fraction of sp³-hybridized carbons (Fsp3) is 0.529. The molecule has 0 unspecified atom stereocenters. The first-order valence-corrected chi connectivity index (χ1v) is 7.98. The normalized spacial score (nSPS) is 13.9. The van der Waals surface area contributed by atoms with E-state index in [0.29, 0.717) is 5.56 Å². The minimum absolute atomic E-state index is 0. The van der Waals surface area contributed by atoms with Crippen molar-refractivity contribution in [2.24, 2.45) is 10.9 Å². The zero-order chi connectivity index (χ0) is 15.8. The van der Waals surface area contributed by atoms with Crippen LogP contribution < -0.4 is 16.0 Å². The number of halogens is 1. The molecule has 23 heavy (non-hydrogen) atoms. The number of guanidine groups is 1. The molecule has 0 aromatic heterocycles. The van der Waals surface area contributed by atoms with E-state index in [1.165, 1.54) is 19.3 Å². The third kappa shape index (κ3) is 7.20. The van der Waals surface area contributed by atoms with Gasteiger partial charge in [0.1, 0.15) is 0 Å². The van der Waals surface area contributed by atoms with Crippen LogP contribution in [0.1, 0.15) is 35.2 Å². The molecule has 0 saturated heterocycles. The van der Waals surface area contributed by atoms with E-state index in [0.717, 1.165) is 37.0 Å². The molecule has 1 aromatic rings. The number of amides is 1. The summed E-state index contributed by atoms with van der Waals surface area (Å²) >= 11 is 0. The Morgan fingerprint density at radius 1 is 1.26 bits per heavy atom. The predicted octanol–water partition coefficient (Wildman–Crippen LogP) is 2.17. The summed E-state index contributed by atoms with van der Waals surface area (Å²) in [5, 5.41) is 9.30. The zero-order valence-corrected chi connectivity index (χ0v) is 16.2. The highest BCUT2D eigenvalue weighted by Crippen LogP contribution is 2.31. The summed E-state index contributed by atoms with van der Waals surface area (Å²) in [6.45, 7) is 1.77. The Morgan fingerprint density at radius 2 is 2.00 bits per heavy atom. The van der Waals surface area contributed by atoms with Gasteiger partial charge in [0.05, 0.1) is 0 Å². The van der Waals surface area contributed by atoms with Gasteiger partial charge in [0, 0.05) is 32.7 Å². The fourth-order valence-corrected chi connectivity index (χ4v) is 2.36. The molecule has 3 N–H and O–H groups in total. The van der Waals surface area contributed by atoms with Gasteiger partial charge in [-0.05, 0) is 36.5 Å².